The Kier molecular flexibility index (Phi) is 4.24. The topological polar surface area (TPSA) is 30.0 Å². The van der Waals surface area contributed by atoms with Crippen LogP contribution >= 0.6 is 11.3 Å². The zero-order valence-corrected chi connectivity index (χ0v) is 11.9. The second-order valence-electron chi connectivity index (χ2n) is 4.25. The van der Waals surface area contributed by atoms with E-state index in [2.05, 4.69) is 18.8 Å². The summed E-state index contributed by atoms with van der Waals surface area (Å²) in [5.74, 6) is 0.213. The van der Waals surface area contributed by atoms with Crippen LogP contribution in [0.25, 0.3) is 0 Å². The van der Waals surface area contributed by atoms with Gasteiger partial charge in [-0.1, -0.05) is 26.0 Å². The van der Waals surface area contributed by atoms with E-state index in [-0.39, 0.29) is 10.6 Å². The molecule has 96 valence electrons. The smallest absolute Gasteiger partial charge is 0.139 e. The molecular weight excluding hydrogens is 269 g/mol. The third-order valence-electron chi connectivity index (χ3n) is 2.42. The molecule has 0 amide bonds. The molecule has 0 bridgehead atoms. The molecule has 1 aromatic heterocycles. The zero-order valence-electron chi connectivity index (χ0n) is 10.2. The first-order chi connectivity index (χ1) is 8.58. The van der Waals surface area contributed by atoms with Gasteiger partial charge in [0.1, 0.15) is 5.82 Å². The molecule has 0 aliphatic heterocycles. The molecule has 1 atom stereocenters. The van der Waals surface area contributed by atoms with E-state index in [1.807, 2.05) is 5.38 Å². The third-order valence-corrected chi connectivity index (χ3v) is 5.00. The molecule has 0 fully saturated rings. The number of aromatic nitrogens is 1. The fourth-order valence-electron chi connectivity index (χ4n) is 1.50. The van der Waals surface area contributed by atoms with Crippen LogP contribution in [-0.2, 0) is 16.6 Å². The van der Waals surface area contributed by atoms with Crippen molar-refractivity contribution < 1.29 is 8.60 Å². The lowest BCUT2D eigenvalue weighted by molar-refractivity contribution is 0.595. The number of halogens is 1. The van der Waals surface area contributed by atoms with Crippen molar-refractivity contribution in [3.63, 3.8) is 0 Å². The summed E-state index contributed by atoms with van der Waals surface area (Å²) >= 11 is 1.56. The van der Waals surface area contributed by atoms with Crippen LogP contribution in [0.2, 0.25) is 0 Å². The molecule has 2 nitrogen and oxygen atoms in total. The van der Waals surface area contributed by atoms with Gasteiger partial charge in [0.25, 0.3) is 0 Å². The summed E-state index contributed by atoms with van der Waals surface area (Å²) in [4.78, 5) is 4.65. The molecule has 1 aromatic carbocycles. The minimum atomic E-state index is -1.38. The highest BCUT2D eigenvalue weighted by molar-refractivity contribution is 7.84. The van der Waals surface area contributed by atoms with Gasteiger partial charge in [-0.3, -0.25) is 4.21 Å². The maximum absolute atomic E-state index is 13.5. The molecule has 0 radical (unpaired) electrons. The van der Waals surface area contributed by atoms with Gasteiger partial charge in [-0.15, -0.1) is 11.3 Å². The van der Waals surface area contributed by atoms with Crippen LogP contribution < -0.4 is 0 Å². The second-order valence-corrected chi connectivity index (χ2v) is 6.56. The summed E-state index contributed by atoms with van der Waals surface area (Å²) in [5.41, 5.74) is 0.769. The highest BCUT2D eigenvalue weighted by Gasteiger charge is 2.13. The summed E-state index contributed by atoms with van der Waals surface area (Å²) in [6, 6.07) is 6.17. The molecule has 0 saturated carbocycles. The summed E-state index contributed by atoms with van der Waals surface area (Å²) in [7, 11) is -1.38. The van der Waals surface area contributed by atoms with Crippen molar-refractivity contribution in [2.24, 2.45) is 0 Å². The minimum absolute atomic E-state index is 0.247. The van der Waals surface area contributed by atoms with Crippen molar-refractivity contribution >= 4 is 22.1 Å². The molecule has 0 saturated heterocycles. The summed E-state index contributed by atoms with van der Waals surface area (Å²) in [5, 5.41) is 2.92. The molecule has 1 unspecified atom stereocenters. The Labute approximate surface area is 112 Å². The predicted molar refractivity (Wildman–Crippen MR) is 72.7 cm³/mol. The molecule has 5 heteroatoms. The van der Waals surface area contributed by atoms with Crippen molar-refractivity contribution in [1.29, 1.82) is 0 Å². The number of rotatable bonds is 4. The van der Waals surface area contributed by atoms with Gasteiger partial charge in [-0.05, 0) is 12.1 Å². The Morgan fingerprint density at radius 2 is 2.11 bits per heavy atom. The monoisotopic (exact) mass is 283 g/mol. The summed E-state index contributed by atoms with van der Waals surface area (Å²) in [6.45, 7) is 4.13. The van der Waals surface area contributed by atoms with Gasteiger partial charge in [0.15, 0.2) is 0 Å². The molecule has 2 rings (SSSR count). The quantitative estimate of drug-likeness (QED) is 0.856. The van der Waals surface area contributed by atoms with Crippen LogP contribution in [0, 0.1) is 5.82 Å². The zero-order chi connectivity index (χ0) is 13.1. The number of thiazole rings is 1. The highest BCUT2D eigenvalue weighted by Crippen LogP contribution is 2.21. The fourth-order valence-corrected chi connectivity index (χ4v) is 3.52. The lowest BCUT2D eigenvalue weighted by Gasteiger charge is -2.01. The standard InChI is InChI=1S/C13H14FNOS2/c1-9(2)13-15-10(7-17-13)8-18(16)12-6-4-3-5-11(12)14/h3-7,9H,8H2,1-2H3. The SMILES string of the molecule is CC(C)c1nc(CS(=O)c2ccccc2F)cs1. The van der Waals surface area contributed by atoms with E-state index in [4.69, 9.17) is 0 Å². The van der Waals surface area contributed by atoms with Gasteiger partial charge in [-0.25, -0.2) is 9.37 Å². The fraction of sp³-hybridized carbons (Fsp3) is 0.308. The van der Waals surface area contributed by atoms with E-state index >= 15 is 0 Å². The van der Waals surface area contributed by atoms with Crippen molar-refractivity contribution in [1.82, 2.24) is 4.98 Å². The third kappa shape index (κ3) is 3.03. The Bertz CT molecular complexity index is 566. The predicted octanol–water partition coefficient (Wildman–Crippen LogP) is 3.71. The molecule has 0 spiro atoms. The first kappa shape index (κ1) is 13.4. The van der Waals surface area contributed by atoms with Crippen molar-refractivity contribution in [2.45, 2.75) is 30.4 Å². The molecule has 1 heterocycles. The molecule has 0 aliphatic carbocycles. The first-order valence-electron chi connectivity index (χ1n) is 5.65. The van der Waals surface area contributed by atoms with Crippen molar-refractivity contribution in [2.75, 3.05) is 0 Å². The van der Waals surface area contributed by atoms with E-state index in [1.165, 1.54) is 6.07 Å². The van der Waals surface area contributed by atoms with E-state index in [1.54, 1.807) is 29.5 Å². The average Bonchev–Trinajstić information content (AvgIpc) is 2.78. The highest BCUT2D eigenvalue weighted by atomic mass is 32.2. The Hall–Kier alpha value is -1.07. The minimum Gasteiger partial charge on any atom is -0.254 e. The van der Waals surface area contributed by atoms with Crippen LogP contribution in [0.15, 0.2) is 34.5 Å². The van der Waals surface area contributed by atoms with Crippen LogP contribution in [0.5, 0.6) is 0 Å². The normalized spacial score (nSPS) is 12.9. The molecule has 0 N–H and O–H groups in total. The molecule has 0 aliphatic rings. The van der Waals surface area contributed by atoms with Gasteiger partial charge in [0, 0.05) is 11.3 Å². The van der Waals surface area contributed by atoms with Gasteiger partial charge < -0.3 is 0 Å². The maximum atomic E-state index is 13.5. The number of benzene rings is 1. The van der Waals surface area contributed by atoms with E-state index in [0.29, 0.717) is 5.92 Å². The Morgan fingerprint density at radius 1 is 1.39 bits per heavy atom. The Morgan fingerprint density at radius 3 is 2.72 bits per heavy atom. The Balaban J connectivity index is 2.14. The second kappa shape index (κ2) is 5.71. The lowest BCUT2D eigenvalue weighted by Crippen LogP contribution is -2.00. The van der Waals surface area contributed by atoms with Gasteiger partial charge >= 0.3 is 0 Å². The van der Waals surface area contributed by atoms with Crippen LogP contribution in [-0.4, -0.2) is 9.19 Å². The van der Waals surface area contributed by atoms with Gasteiger partial charge in [-0.2, -0.15) is 0 Å². The number of hydrogen-bond acceptors (Lipinski definition) is 3. The van der Waals surface area contributed by atoms with Crippen LogP contribution in [0.3, 0.4) is 0 Å². The number of nitrogens with zero attached hydrogens (tertiary/aromatic N) is 1. The number of hydrogen-bond donors (Lipinski definition) is 0. The van der Waals surface area contributed by atoms with E-state index < -0.39 is 16.6 Å². The summed E-state index contributed by atoms with van der Waals surface area (Å²) < 4.78 is 25.5. The first-order valence-corrected chi connectivity index (χ1v) is 7.85. The molecule has 2 aromatic rings. The maximum Gasteiger partial charge on any atom is 0.139 e. The van der Waals surface area contributed by atoms with Crippen molar-refractivity contribution in [3.05, 3.63) is 46.2 Å². The van der Waals surface area contributed by atoms with Crippen LogP contribution in [0.4, 0.5) is 4.39 Å². The summed E-state index contributed by atoms with van der Waals surface area (Å²) in [6.07, 6.45) is 0. The largest absolute Gasteiger partial charge is 0.254 e. The molecular formula is C13H14FNOS2. The van der Waals surface area contributed by atoms with Gasteiger partial charge in [0.2, 0.25) is 0 Å². The lowest BCUT2D eigenvalue weighted by atomic mass is 10.2. The van der Waals surface area contributed by atoms with E-state index in [0.717, 1.165) is 10.7 Å². The average molecular weight is 283 g/mol. The van der Waals surface area contributed by atoms with Crippen molar-refractivity contribution in [3.8, 4) is 0 Å². The molecule has 18 heavy (non-hydrogen) atoms. The van der Waals surface area contributed by atoms with Crippen LogP contribution in [0.1, 0.15) is 30.5 Å². The van der Waals surface area contributed by atoms with E-state index in [9.17, 15) is 8.60 Å². The van der Waals surface area contributed by atoms with Gasteiger partial charge in [0.05, 0.1) is 32.1 Å².